The fourth-order valence-electron chi connectivity index (χ4n) is 2.63. The number of aromatic nitrogens is 2. The molecule has 0 saturated carbocycles. The summed E-state index contributed by atoms with van der Waals surface area (Å²) in [4.78, 5) is 24.0. The number of amides is 1. The Labute approximate surface area is 179 Å². The van der Waals surface area contributed by atoms with Crippen molar-refractivity contribution in [2.24, 2.45) is 11.7 Å². The Morgan fingerprint density at radius 2 is 1.68 bits per heavy atom. The van der Waals surface area contributed by atoms with Crippen LogP contribution in [0.15, 0.2) is 53.3 Å². The molecule has 0 unspecified atom stereocenters. The second-order valence-electron chi connectivity index (χ2n) is 7.42. The second-order valence-corrected chi connectivity index (χ2v) is 7.42. The van der Waals surface area contributed by atoms with Gasteiger partial charge in [0.2, 0.25) is 0 Å². The van der Waals surface area contributed by atoms with Crippen LogP contribution in [0, 0.1) is 24.5 Å². The summed E-state index contributed by atoms with van der Waals surface area (Å²) < 4.78 is 27.8. The summed E-state index contributed by atoms with van der Waals surface area (Å²) in [5.74, 6) is -2.04. The highest BCUT2D eigenvalue weighted by Crippen LogP contribution is 2.19. The second kappa shape index (κ2) is 10.6. The van der Waals surface area contributed by atoms with E-state index in [1.165, 1.54) is 6.07 Å². The van der Waals surface area contributed by atoms with Crippen molar-refractivity contribution in [3.63, 3.8) is 0 Å². The van der Waals surface area contributed by atoms with Gasteiger partial charge in [0.25, 0.3) is 11.5 Å². The maximum atomic E-state index is 13.5. The SMILES string of the molecule is CC(C)CCO.Cc1ccc(-c2cc(C(N)=O)c(=O)n(-c3cc(F)cc(F)c3)n2)cc1. The van der Waals surface area contributed by atoms with Crippen LogP contribution in [0.4, 0.5) is 8.78 Å². The maximum Gasteiger partial charge on any atom is 0.284 e. The number of hydrogen-bond acceptors (Lipinski definition) is 4. The monoisotopic (exact) mass is 429 g/mol. The molecule has 0 radical (unpaired) electrons. The zero-order valence-corrected chi connectivity index (χ0v) is 17.6. The van der Waals surface area contributed by atoms with Crippen LogP contribution in [0.2, 0.25) is 0 Å². The molecule has 3 N–H and O–H groups in total. The van der Waals surface area contributed by atoms with E-state index < -0.39 is 23.1 Å². The molecule has 3 rings (SSSR count). The van der Waals surface area contributed by atoms with Gasteiger partial charge in [-0.25, -0.2) is 8.78 Å². The van der Waals surface area contributed by atoms with Crippen LogP contribution in [-0.2, 0) is 0 Å². The van der Waals surface area contributed by atoms with Crippen LogP contribution in [0.1, 0.15) is 36.2 Å². The first-order valence-electron chi connectivity index (χ1n) is 9.71. The van der Waals surface area contributed by atoms with Crippen LogP contribution < -0.4 is 11.3 Å². The zero-order chi connectivity index (χ0) is 23.1. The van der Waals surface area contributed by atoms with Crippen molar-refractivity contribution >= 4 is 5.91 Å². The molecule has 164 valence electrons. The number of aliphatic hydroxyl groups is 1. The highest BCUT2D eigenvalue weighted by molar-refractivity contribution is 5.93. The van der Waals surface area contributed by atoms with Crippen molar-refractivity contribution in [1.82, 2.24) is 9.78 Å². The van der Waals surface area contributed by atoms with Crippen LogP contribution in [0.25, 0.3) is 16.9 Å². The number of hydrogen-bond donors (Lipinski definition) is 2. The van der Waals surface area contributed by atoms with E-state index in [1.807, 2.05) is 19.1 Å². The molecule has 1 aromatic heterocycles. The van der Waals surface area contributed by atoms with Gasteiger partial charge in [-0.3, -0.25) is 9.59 Å². The number of halogens is 2. The molecule has 0 saturated heterocycles. The summed E-state index contributed by atoms with van der Waals surface area (Å²) in [6.07, 6.45) is 0.931. The lowest BCUT2D eigenvalue weighted by Crippen LogP contribution is -2.30. The number of primary amides is 1. The number of aryl methyl sites for hydroxylation is 1. The van der Waals surface area contributed by atoms with E-state index in [9.17, 15) is 18.4 Å². The molecule has 31 heavy (non-hydrogen) atoms. The molecule has 0 aliphatic heterocycles. The van der Waals surface area contributed by atoms with Gasteiger partial charge in [-0.15, -0.1) is 0 Å². The van der Waals surface area contributed by atoms with E-state index in [4.69, 9.17) is 10.8 Å². The van der Waals surface area contributed by atoms with Crippen LogP contribution in [0.5, 0.6) is 0 Å². The van der Waals surface area contributed by atoms with Crippen molar-refractivity contribution < 1.29 is 18.7 Å². The molecule has 0 bridgehead atoms. The third-order valence-electron chi connectivity index (χ3n) is 4.32. The van der Waals surface area contributed by atoms with Crippen molar-refractivity contribution in [2.75, 3.05) is 6.61 Å². The summed E-state index contributed by atoms with van der Waals surface area (Å²) in [5.41, 5.74) is 5.86. The molecule has 1 heterocycles. The quantitative estimate of drug-likeness (QED) is 0.647. The molecule has 0 spiro atoms. The number of carbonyl (C=O) groups is 1. The molecular formula is C23H25F2N3O3. The Kier molecular flexibility index (Phi) is 8.15. The number of nitrogens with two attached hydrogens (primary N) is 1. The average Bonchev–Trinajstić information content (AvgIpc) is 2.68. The number of nitrogens with zero attached hydrogens (tertiary/aromatic N) is 2. The summed E-state index contributed by atoms with van der Waals surface area (Å²) in [6.45, 7) is 6.42. The van der Waals surface area contributed by atoms with E-state index in [1.54, 1.807) is 12.1 Å². The van der Waals surface area contributed by atoms with Gasteiger partial charge >= 0.3 is 0 Å². The Bertz CT molecular complexity index is 1090. The Hall–Kier alpha value is -3.39. The summed E-state index contributed by atoms with van der Waals surface area (Å²) in [6, 6.07) is 11.0. The Balaban J connectivity index is 0.000000501. The van der Waals surface area contributed by atoms with Crippen molar-refractivity contribution in [2.45, 2.75) is 27.2 Å². The lowest BCUT2D eigenvalue weighted by molar-refractivity contribution is 0.0998. The first-order valence-corrected chi connectivity index (χ1v) is 9.71. The third kappa shape index (κ3) is 6.55. The van der Waals surface area contributed by atoms with Crippen molar-refractivity contribution in [3.8, 4) is 16.9 Å². The predicted octanol–water partition coefficient (Wildman–Crippen LogP) is 3.61. The molecule has 0 atom stereocenters. The highest BCUT2D eigenvalue weighted by atomic mass is 19.1. The Morgan fingerprint density at radius 1 is 1.10 bits per heavy atom. The van der Waals surface area contributed by atoms with Gasteiger partial charge in [-0.1, -0.05) is 43.7 Å². The minimum Gasteiger partial charge on any atom is -0.396 e. The van der Waals surface area contributed by atoms with E-state index >= 15 is 0 Å². The van der Waals surface area contributed by atoms with E-state index in [0.717, 1.165) is 28.8 Å². The van der Waals surface area contributed by atoms with E-state index in [0.29, 0.717) is 24.2 Å². The highest BCUT2D eigenvalue weighted by Gasteiger charge is 2.16. The summed E-state index contributed by atoms with van der Waals surface area (Å²) in [7, 11) is 0. The molecule has 0 aliphatic rings. The van der Waals surface area contributed by atoms with E-state index in [-0.39, 0.29) is 16.9 Å². The molecule has 0 fully saturated rings. The predicted molar refractivity (Wildman–Crippen MR) is 115 cm³/mol. The lowest BCUT2D eigenvalue weighted by atomic mass is 10.1. The topological polar surface area (TPSA) is 98.2 Å². The number of carbonyl (C=O) groups excluding carboxylic acids is 1. The lowest BCUT2D eigenvalue weighted by Gasteiger charge is -2.10. The standard InChI is InChI=1S/C18H13F2N3O2.C5H12O/c1-10-2-4-11(5-3-10)16-9-15(17(21)24)18(25)23(22-16)14-7-12(19)6-13(20)8-14;1-5(2)3-4-6/h2-9H,1H3,(H2,21,24);5-6H,3-4H2,1-2H3. The molecular weight excluding hydrogens is 404 g/mol. The van der Waals surface area contributed by atoms with Crippen LogP contribution >= 0.6 is 0 Å². The summed E-state index contributed by atoms with van der Waals surface area (Å²) >= 11 is 0. The molecule has 6 nitrogen and oxygen atoms in total. The normalized spacial score (nSPS) is 10.5. The Morgan fingerprint density at radius 3 is 2.13 bits per heavy atom. The maximum absolute atomic E-state index is 13.5. The minimum absolute atomic E-state index is 0.140. The van der Waals surface area contributed by atoms with Crippen LogP contribution in [0.3, 0.4) is 0 Å². The van der Waals surface area contributed by atoms with Crippen molar-refractivity contribution in [3.05, 3.63) is 81.6 Å². The largest absolute Gasteiger partial charge is 0.396 e. The summed E-state index contributed by atoms with van der Waals surface area (Å²) in [5, 5.41) is 12.4. The first kappa shape index (κ1) is 23.9. The van der Waals surface area contributed by atoms with E-state index in [2.05, 4.69) is 18.9 Å². The number of rotatable bonds is 5. The molecule has 0 aliphatic carbocycles. The van der Waals surface area contributed by atoms with Crippen molar-refractivity contribution in [1.29, 1.82) is 0 Å². The van der Waals surface area contributed by atoms with Gasteiger partial charge in [-0.05, 0) is 37.5 Å². The van der Waals surface area contributed by atoms with Gasteiger partial charge in [0.05, 0.1) is 11.4 Å². The minimum atomic E-state index is -0.952. The third-order valence-corrected chi connectivity index (χ3v) is 4.32. The number of aliphatic hydroxyl groups excluding tert-OH is 1. The molecule has 3 aromatic rings. The van der Waals surface area contributed by atoms with Gasteiger partial charge < -0.3 is 10.8 Å². The fourth-order valence-corrected chi connectivity index (χ4v) is 2.63. The molecule has 1 amide bonds. The van der Waals surface area contributed by atoms with Gasteiger partial charge in [0, 0.05) is 18.2 Å². The zero-order valence-electron chi connectivity index (χ0n) is 17.6. The fraction of sp³-hybridized carbons (Fsp3) is 0.261. The first-order chi connectivity index (χ1) is 14.6. The molecule has 8 heteroatoms. The van der Waals surface area contributed by atoms with Crippen LogP contribution in [-0.4, -0.2) is 27.4 Å². The van der Waals surface area contributed by atoms with Gasteiger partial charge in [0.15, 0.2) is 0 Å². The average molecular weight is 429 g/mol. The molecule has 2 aromatic carbocycles. The smallest absolute Gasteiger partial charge is 0.284 e. The number of benzene rings is 2. The van der Waals surface area contributed by atoms with Gasteiger partial charge in [-0.2, -0.15) is 9.78 Å². The van der Waals surface area contributed by atoms with Gasteiger partial charge in [0.1, 0.15) is 17.2 Å².